The highest BCUT2D eigenvalue weighted by molar-refractivity contribution is 9.10. The number of aromatic nitrogens is 2. The van der Waals surface area contributed by atoms with Gasteiger partial charge in [0.1, 0.15) is 11.3 Å². The fourth-order valence-corrected chi connectivity index (χ4v) is 3.81. The zero-order valence-electron chi connectivity index (χ0n) is 16.4. The quantitative estimate of drug-likeness (QED) is 0.686. The summed E-state index contributed by atoms with van der Waals surface area (Å²) in [5.74, 6) is -0.0682. The van der Waals surface area contributed by atoms with E-state index in [2.05, 4.69) is 20.9 Å². The maximum absolute atomic E-state index is 13.1. The minimum Gasteiger partial charge on any atom is -0.444 e. The maximum atomic E-state index is 13.1. The second kappa shape index (κ2) is 7.14. The van der Waals surface area contributed by atoms with Crippen LogP contribution in [0.15, 0.2) is 16.7 Å². The topological polar surface area (TPSA) is 67.2 Å². The molecule has 146 valence electrons. The molecule has 27 heavy (non-hydrogen) atoms. The lowest BCUT2D eigenvalue weighted by Gasteiger charge is -2.35. The molecule has 2 aromatic heterocycles. The molecule has 1 aliphatic rings. The molecular formula is C19H25BrN4O3. The predicted molar refractivity (Wildman–Crippen MR) is 106 cm³/mol. The number of ether oxygens (including phenoxy) is 1. The molecule has 0 atom stereocenters. The highest BCUT2D eigenvalue weighted by atomic mass is 79.9. The third-order valence-corrected chi connectivity index (χ3v) is 4.99. The SMILES string of the molecule is Cc1cc(Br)c2nc(C)c(C(=O)N3CCN(C(=O)OC(C)(C)C)CC3)n2c1. The molecule has 2 amide bonds. The average Bonchev–Trinajstić information content (AvgIpc) is 2.89. The number of hydrogen-bond donors (Lipinski definition) is 0. The molecule has 0 unspecified atom stereocenters. The second-order valence-corrected chi connectivity index (χ2v) is 8.72. The summed E-state index contributed by atoms with van der Waals surface area (Å²) >= 11 is 3.52. The van der Waals surface area contributed by atoms with E-state index in [9.17, 15) is 9.59 Å². The van der Waals surface area contributed by atoms with Crippen LogP contribution in [-0.2, 0) is 4.74 Å². The fraction of sp³-hybridized carbons (Fsp3) is 0.526. The molecule has 0 radical (unpaired) electrons. The van der Waals surface area contributed by atoms with Crippen molar-refractivity contribution in [2.24, 2.45) is 0 Å². The molecule has 0 saturated carbocycles. The number of carbonyl (C=O) groups excluding carboxylic acids is 2. The van der Waals surface area contributed by atoms with Crippen LogP contribution < -0.4 is 0 Å². The summed E-state index contributed by atoms with van der Waals surface area (Å²) in [5, 5.41) is 0. The first-order chi connectivity index (χ1) is 12.6. The van der Waals surface area contributed by atoms with E-state index in [4.69, 9.17) is 4.74 Å². The first-order valence-corrected chi connectivity index (χ1v) is 9.78. The first-order valence-electron chi connectivity index (χ1n) is 8.99. The van der Waals surface area contributed by atoms with Gasteiger partial charge in [-0.3, -0.25) is 9.20 Å². The highest BCUT2D eigenvalue weighted by Gasteiger charge is 2.30. The molecule has 7 nitrogen and oxygen atoms in total. The molecule has 1 saturated heterocycles. The summed E-state index contributed by atoms with van der Waals surface area (Å²) in [6, 6.07) is 1.98. The van der Waals surface area contributed by atoms with Gasteiger partial charge in [0.05, 0.1) is 10.2 Å². The van der Waals surface area contributed by atoms with Crippen molar-refractivity contribution < 1.29 is 14.3 Å². The van der Waals surface area contributed by atoms with Gasteiger partial charge in [0.15, 0.2) is 5.65 Å². The Morgan fingerprint density at radius 3 is 2.30 bits per heavy atom. The van der Waals surface area contributed by atoms with Crippen molar-refractivity contribution in [3.8, 4) is 0 Å². The van der Waals surface area contributed by atoms with Gasteiger partial charge < -0.3 is 14.5 Å². The van der Waals surface area contributed by atoms with Crippen molar-refractivity contribution in [3.63, 3.8) is 0 Å². The number of hydrogen-bond acceptors (Lipinski definition) is 4. The monoisotopic (exact) mass is 436 g/mol. The minimum atomic E-state index is -0.525. The number of pyridine rings is 1. The molecule has 2 aromatic rings. The van der Waals surface area contributed by atoms with Crippen molar-refractivity contribution in [1.29, 1.82) is 0 Å². The molecule has 0 aliphatic carbocycles. The summed E-state index contributed by atoms with van der Waals surface area (Å²) in [6.07, 6.45) is 1.59. The van der Waals surface area contributed by atoms with Crippen molar-refractivity contribution in [2.75, 3.05) is 26.2 Å². The van der Waals surface area contributed by atoms with Crippen LogP contribution in [0.1, 0.15) is 42.5 Å². The smallest absolute Gasteiger partial charge is 0.410 e. The van der Waals surface area contributed by atoms with Gasteiger partial charge in [-0.2, -0.15) is 0 Å². The average molecular weight is 437 g/mol. The maximum Gasteiger partial charge on any atom is 0.410 e. The van der Waals surface area contributed by atoms with Gasteiger partial charge in [-0.05, 0) is 62.2 Å². The Balaban J connectivity index is 1.76. The van der Waals surface area contributed by atoms with E-state index in [1.54, 1.807) is 9.80 Å². The number of nitrogens with zero attached hydrogens (tertiary/aromatic N) is 4. The van der Waals surface area contributed by atoms with Crippen LogP contribution in [0.3, 0.4) is 0 Å². The number of imidazole rings is 1. The highest BCUT2D eigenvalue weighted by Crippen LogP contribution is 2.23. The summed E-state index contributed by atoms with van der Waals surface area (Å²) in [5.41, 5.74) is 2.51. The van der Waals surface area contributed by atoms with Crippen LogP contribution in [-0.4, -0.2) is 63.0 Å². The van der Waals surface area contributed by atoms with Gasteiger partial charge in [0.25, 0.3) is 5.91 Å². The Kier molecular flexibility index (Phi) is 5.20. The van der Waals surface area contributed by atoms with Crippen molar-refractivity contribution in [1.82, 2.24) is 19.2 Å². The van der Waals surface area contributed by atoms with E-state index in [-0.39, 0.29) is 12.0 Å². The summed E-state index contributed by atoms with van der Waals surface area (Å²) in [4.78, 5) is 33.3. The lowest BCUT2D eigenvalue weighted by molar-refractivity contribution is 0.0140. The number of aryl methyl sites for hydroxylation is 2. The summed E-state index contributed by atoms with van der Waals surface area (Å²) in [7, 11) is 0. The van der Waals surface area contributed by atoms with Gasteiger partial charge in [-0.1, -0.05) is 0 Å². The van der Waals surface area contributed by atoms with E-state index in [0.717, 1.165) is 15.7 Å². The number of fused-ring (bicyclic) bond motifs is 1. The summed E-state index contributed by atoms with van der Waals surface area (Å²) < 4.78 is 8.12. The van der Waals surface area contributed by atoms with E-state index in [0.29, 0.717) is 37.6 Å². The van der Waals surface area contributed by atoms with Gasteiger partial charge in [-0.15, -0.1) is 0 Å². The predicted octanol–water partition coefficient (Wildman–Crippen LogP) is 3.41. The molecule has 3 rings (SSSR count). The molecular weight excluding hydrogens is 412 g/mol. The van der Waals surface area contributed by atoms with Gasteiger partial charge >= 0.3 is 6.09 Å². The van der Waals surface area contributed by atoms with Gasteiger partial charge in [-0.25, -0.2) is 9.78 Å². The Morgan fingerprint density at radius 1 is 1.11 bits per heavy atom. The van der Waals surface area contributed by atoms with Crippen molar-refractivity contribution in [3.05, 3.63) is 33.7 Å². The zero-order valence-corrected chi connectivity index (χ0v) is 18.0. The van der Waals surface area contributed by atoms with Crippen LogP contribution in [0.2, 0.25) is 0 Å². The number of amides is 2. The van der Waals surface area contributed by atoms with Crippen LogP contribution in [0.4, 0.5) is 4.79 Å². The van der Waals surface area contributed by atoms with E-state index < -0.39 is 5.60 Å². The van der Waals surface area contributed by atoms with Gasteiger partial charge in [0, 0.05) is 32.4 Å². The molecule has 1 fully saturated rings. The molecule has 0 bridgehead atoms. The van der Waals surface area contributed by atoms with E-state index in [1.165, 1.54) is 0 Å². The van der Waals surface area contributed by atoms with Crippen molar-refractivity contribution in [2.45, 2.75) is 40.2 Å². The van der Waals surface area contributed by atoms with Crippen molar-refractivity contribution >= 4 is 33.6 Å². The van der Waals surface area contributed by atoms with E-state index in [1.807, 2.05) is 51.3 Å². The molecule has 0 aromatic carbocycles. The molecule has 0 spiro atoms. The van der Waals surface area contributed by atoms with Crippen LogP contribution in [0.5, 0.6) is 0 Å². The lowest BCUT2D eigenvalue weighted by atomic mass is 10.2. The van der Waals surface area contributed by atoms with Crippen LogP contribution in [0.25, 0.3) is 5.65 Å². The largest absolute Gasteiger partial charge is 0.444 e. The Morgan fingerprint density at radius 2 is 1.70 bits per heavy atom. The van der Waals surface area contributed by atoms with E-state index >= 15 is 0 Å². The summed E-state index contributed by atoms with van der Waals surface area (Å²) in [6.45, 7) is 11.2. The third-order valence-electron chi connectivity index (χ3n) is 4.41. The Hall–Kier alpha value is -2.09. The van der Waals surface area contributed by atoms with Crippen LogP contribution in [0, 0.1) is 13.8 Å². The number of carbonyl (C=O) groups is 2. The molecule has 1 aliphatic heterocycles. The Bertz CT molecular complexity index is 892. The second-order valence-electron chi connectivity index (χ2n) is 7.86. The fourth-order valence-electron chi connectivity index (χ4n) is 3.17. The standard InChI is InChI=1S/C19H25BrN4O3/c1-12-10-14(20)16-21-13(2)15(24(16)11-12)17(25)22-6-8-23(9-7-22)18(26)27-19(3,4)5/h10-11H,6-9H2,1-5H3. The molecule has 8 heteroatoms. The third kappa shape index (κ3) is 4.10. The zero-order chi connectivity index (χ0) is 19.9. The normalized spacial score (nSPS) is 15.3. The number of halogens is 1. The lowest BCUT2D eigenvalue weighted by Crippen LogP contribution is -2.51. The Labute approximate surface area is 167 Å². The molecule has 3 heterocycles. The minimum absolute atomic E-state index is 0.0682. The number of piperazine rings is 1. The number of rotatable bonds is 1. The first kappa shape index (κ1) is 19.7. The van der Waals surface area contributed by atoms with Gasteiger partial charge in [0.2, 0.25) is 0 Å². The molecule has 0 N–H and O–H groups in total. The van der Waals surface area contributed by atoms with Crippen LogP contribution >= 0.6 is 15.9 Å².